The van der Waals surface area contributed by atoms with Gasteiger partial charge in [0.1, 0.15) is 0 Å². The smallest absolute Gasteiger partial charge is 0.308 e. The van der Waals surface area contributed by atoms with Crippen molar-refractivity contribution in [1.29, 1.82) is 0 Å². The van der Waals surface area contributed by atoms with Crippen molar-refractivity contribution in [2.45, 2.75) is 13.8 Å². The molecule has 84 valence electrons. The van der Waals surface area contributed by atoms with E-state index in [-0.39, 0.29) is 11.5 Å². The monoisotopic (exact) mass is 222 g/mol. The summed E-state index contributed by atoms with van der Waals surface area (Å²) >= 11 is 0. The van der Waals surface area contributed by atoms with E-state index in [1.54, 1.807) is 0 Å². The molecular weight excluding hydrogens is 212 g/mol. The highest BCUT2D eigenvalue weighted by molar-refractivity contribution is 5.70. The molecule has 0 aromatic heterocycles. The number of carbonyl (C=O) groups excluding carboxylic acids is 2. The van der Waals surface area contributed by atoms with E-state index in [9.17, 15) is 14.4 Å². The fourth-order valence-corrected chi connectivity index (χ4v) is 1.03. The SMILES string of the molecule is CC(=O)Oc1ccccc(OC(C)=O)c1=O. The number of hydrogen-bond donors (Lipinski definition) is 0. The molecule has 5 heteroatoms. The molecule has 0 aliphatic carbocycles. The van der Waals surface area contributed by atoms with Crippen LogP contribution >= 0.6 is 0 Å². The predicted octanol–water partition coefficient (Wildman–Crippen LogP) is 0.897. The maximum absolute atomic E-state index is 11.7. The molecule has 0 saturated heterocycles. The molecule has 0 bridgehead atoms. The van der Waals surface area contributed by atoms with Crippen molar-refractivity contribution in [3.05, 3.63) is 34.5 Å². The number of esters is 2. The molecule has 1 aromatic carbocycles. The van der Waals surface area contributed by atoms with Gasteiger partial charge in [-0.3, -0.25) is 14.4 Å². The minimum Gasteiger partial charge on any atom is -0.422 e. The van der Waals surface area contributed by atoms with Crippen molar-refractivity contribution < 1.29 is 19.1 Å². The van der Waals surface area contributed by atoms with E-state index in [0.717, 1.165) is 0 Å². The van der Waals surface area contributed by atoms with E-state index in [0.29, 0.717) is 0 Å². The normalized spacial score (nSPS) is 9.38. The Labute approximate surface area is 91.6 Å². The zero-order valence-corrected chi connectivity index (χ0v) is 8.85. The zero-order chi connectivity index (χ0) is 12.1. The number of rotatable bonds is 2. The molecule has 0 heterocycles. The van der Waals surface area contributed by atoms with Crippen LogP contribution in [-0.4, -0.2) is 11.9 Å². The lowest BCUT2D eigenvalue weighted by Crippen LogP contribution is -2.14. The molecule has 0 radical (unpaired) electrons. The molecule has 0 amide bonds. The first-order chi connectivity index (χ1) is 7.50. The Hall–Kier alpha value is -2.17. The van der Waals surface area contributed by atoms with E-state index in [1.807, 2.05) is 0 Å². The third-order valence-electron chi connectivity index (χ3n) is 1.56. The van der Waals surface area contributed by atoms with Crippen molar-refractivity contribution in [3.8, 4) is 11.5 Å². The van der Waals surface area contributed by atoms with Gasteiger partial charge in [0.25, 0.3) is 5.43 Å². The lowest BCUT2D eigenvalue weighted by Gasteiger charge is -1.99. The van der Waals surface area contributed by atoms with E-state index >= 15 is 0 Å². The van der Waals surface area contributed by atoms with E-state index < -0.39 is 17.4 Å². The minimum atomic E-state index is -0.643. The van der Waals surface area contributed by atoms with Crippen molar-refractivity contribution >= 4 is 11.9 Å². The average Bonchev–Trinajstić information content (AvgIpc) is 2.31. The van der Waals surface area contributed by atoms with Crippen LogP contribution in [0.15, 0.2) is 29.1 Å². The van der Waals surface area contributed by atoms with Crippen LogP contribution in [0.25, 0.3) is 0 Å². The van der Waals surface area contributed by atoms with E-state index in [4.69, 9.17) is 0 Å². The van der Waals surface area contributed by atoms with Crippen LogP contribution in [0.4, 0.5) is 0 Å². The van der Waals surface area contributed by atoms with Crippen LogP contribution in [0.2, 0.25) is 0 Å². The van der Waals surface area contributed by atoms with Crippen molar-refractivity contribution in [3.63, 3.8) is 0 Å². The van der Waals surface area contributed by atoms with Crippen molar-refractivity contribution in [2.75, 3.05) is 0 Å². The van der Waals surface area contributed by atoms with E-state index in [2.05, 4.69) is 9.47 Å². The largest absolute Gasteiger partial charge is 0.422 e. The van der Waals surface area contributed by atoms with Gasteiger partial charge in [-0.15, -0.1) is 0 Å². The summed E-state index contributed by atoms with van der Waals surface area (Å²) in [5.41, 5.74) is -0.643. The van der Waals surface area contributed by atoms with Crippen LogP contribution < -0.4 is 14.9 Å². The van der Waals surface area contributed by atoms with Gasteiger partial charge >= 0.3 is 11.9 Å². The standard InChI is InChI=1S/C11H10O5/c1-7(12)15-9-5-3-4-6-10(11(9)14)16-8(2)13/h3-6H,1-2H3. The minimum absolute atomic E-state index is 0.172. The second-order valence-corrected chi connectivity index (χ2v) is 2.96. The highest BCUT2D eigenvalue weighted by atomic mass is 16.5. The second-order valence-electron chi connectivity index (χ2n) is 2.96. The summed E-state index contributed by atoms with van der Waals surface area (Å²) in [5.74, 6) is -1.57. The number of carbonyl (C=O) groups is 2. The molecule has 0 spiro atoms. The van der Waals surface area contributed by atoms with Gasteiger partial charge in [-0.2, -0.15) is 0 Å². The fraction of sp³-hybridized carbons (Fsp3) is 0.182. The first-order valence-corrected chi connectivity index (χ1v) is 4.51. The van der Waals surface area contributed by atoms with E-state index in [1.165, 1.54) is 38.1 Å². The first kappa shape index (κ1) is 11.9. The number of ether oxygens (including phenoxy) is 2. The quantitative estimate of drug-likeness (QED) is 0.695. The summed E-state index contributed by atoms with van der Waals surface area (Å²) in [7, 11) is 0. The maximum atomic E-state index is 11.7. The summed E-state index contributed by atoms with van der Waals surface area (Å²) in [5, 5.41) is 0. The van der Waals surface area contributed by atoms with Gasteiger partial charge in [0, 0.05) is 13.8 Å². The maximum Gasteiger partial charge on any atom is 0.308 e. The van der Waals surface area contributed by atoms with Crippen molar-refractivity contribution in [2.24, 2.45) is 0 Å². The van der Waals surface area contributed by atoms with Gasteiger partial charge < -0.3 is 9.47 Å². The van der Waals surface area contributed by atoms with Gasteiger partial charge in [-0.25, -0.2) is 0 Å². The van der Waals surface area contributed by atoms with Crippen LogP contribution in [0.5, 0.6) is 11.5 Å². The molecule has 1 rings (SSSR count). The zero-order valence-electron chi connectivity index (χ0n) is 8.85. The Kier molecular flexibility index (Phi) is 3.77. The van der Waals surface area contributed by atoms with Crippen LogP contribution in [0, 0.1) is 0 Å². The molecule has 0 fully saturated rings. The van der Waals surface area contributed by atoms with Crippen molar-refractivity contribution in [1.82, 2.24) is 0 Å². The van der Waals surface area contributed by atoms with Gasteiger partial charge in [-0.1, -0.05) is 12.1 Å². The third-order valence-corrected chi connectivity index (χ3v) is 1.56. The fourth-order valence-electron chi connectivity index (χ4n) is 1.03. The molecule has 5 nitrogen and oxygen atoms in total. The lowest BCUT2D eigenvalue weighted by atomic mass is 10.4. The Morgan fingerprint density at radius 3 is 1.62 bits per heavy atom. The van der Waals surface area contributed by atoms with Gasteiger partial charge in [0.15, 0.2) is 11.5 Å². The van der Waals surface area contributed by atoms with Gasteiger partial charge in [0.2, 0.25) is 0 Å². The Morgan fingerprint density at radius 2 is 1.31 bits per heavy atom. The molecule has 0 aliphatic heterocycles. The Balaban J connectivity index is 3.22. The van der Waals surface area contributed by atoms with Gasteiger partial charge in [-0.05, 0) is 12.1 Å². The highest BCUT2D eigenvalue weighted by Gasteiger charge is 2.09. The molecule has 0 atom stereocenters. The average molecular weight is 222 g/mol. The molecule has 0 saturated carbocycles. The Morgan fingerprint density at radius 1 is 0.938 bits per heavy atom. The molecular formula is C11H10O5. The van der Waals surface area contributed by atoms with Crippen LogP contribution in [0.1, 0.15) is 13.8 Å². The molecule has 0 unspecified atom stereocenters. The van der Waals surface area contributed by atoms with Crippen LogP contribution in [-0.2, 0) is 9.59 Å². The molecule has 0 aliphatic rings. The predicted molar refractivity (Wildman–Crippen MR) is 55.3 cm³/mol. The summed E-state index contributed by atoms with van der Waals surface area (Å²) < 4.78 is 9.37. The highest BCUT2D eigenvalue weighted by Crippen LogP contribution is 2.09. The summed E-state index contributed by atoms with van der Waals surface area (Å²) in [4.78, 5) is 33.1. The van der Waals surface area contributed by atoms with Gasteiger partial charge in [0.05, 0.1) is 0 Å². The molecule has 16 heavy (non-hydrogen) atoms. The second kappa shape index (κ2) is 5.06. The number of hydrogen-bond acceptors (Lipinski definition) is 5. The summed E-state index contributed by atoms with van der Waals surface area (Å²) in [6, 6.07) is 5.67. The molecule has 1 aromatic rings. The topological polar surface area (TPSA) is 69.7 Å². The van der Waals surface area contributed by atoms with Crippen LogP contribution in [0.3, 0.4) is 0 Å². The summed E-state index contributed by atoms with van der Waals surface area (Å²) in [6.07, 6.45) is 0. The Bertz CT molecular complexity index is 436. The molecule has 0 N–H and O–H groups in total. The first-order valence-electron chi connectivity index (χ1n) is 4.51. The summed E-state index contributed by atoms with van der Waals surface area (Å²) in [6.45, 7) is 2.36. The lowest BCUT2D eigenvalue weighted by molar-refractivity contribution is -0.132. The third kappa shape index (κ3) is 3.20.